The lowest BCUT2D eigenvalue weighted by Crippen LogP contribution is -2.30. The van der Waals surface area contributed by atoms with Gasteiger partial charge in [-0.05, 0) is 83.1 Å². The van der Waals surface area contributed by atoms with Crippen molar-refractivity contribution in [3.63, 3.8) is 0 Å². The molecule has 180 valence electrons. The van der Waals surface area contributed by atoms with E-state index in [-0.39, 0.29) is 11.8 Å². The summed E-state index contributed by atoms with van der Waals surface area (Å²) in [5.74, 6) is 6.01. The quantitative estimate of drug-likeness (QED) is 0.291. The Morgan fingerprint density at radius 2 is 1.70 bits per heavy atom. The second kappa shape index (κ2) is 11.1. The molecule has 0 atom stereocenters. The fourth-order valence-corrected chi connectivity index (χ4v) is 3.94. The highest BCUT2D eigenvalue weighted by atomic mass is 19.1. The van der Waals surface area contributed by atoms with Gasteiger partial charge in [-0.1, -0.05) is 36.1 Å². The Hall–Kier alpha value is -5.02. The summed E-state index contributed by atoms with van der Waals surface area (Å²) in [6, 6.07) is 23.4. The molecule has 5 aromatic rings. The highest BCUT2D eigenvalue weighted by Crippen LogP contribution is 2.29. The number of anilines is 1. The van der Waals surface area contributed by atoms with Crippen molar-refractivity contribution in [2.24, 2.45) is 0 Å². The lowest BCUT2D eigenvalue weighted by molar-refractivity contribution is 0.252. The number of amides is 2. The standard InChI is InChI=1S/C31H23FN4O/c32-28-9-4-22(5-10-28)3-6-26-19-29(36-31(37)35-17-13-23-2-1-15-33-20-23)11-12-30(26)25-7-8-27-21-34-16-14-24(27)18-25/h1-2,4-5,7-12,14-16,18-21H,13,17H2,(H2,35,36,37). The molecule has 2 heterocycles. The number of carbonyl (C=O) groups is 1. The van der Waals surface area contributed by atoms with Crippen LogP contribution in [0.15, 0.2) is 104 Å². The third-order valence-electron chi connectivity index (χ3n) is 5.84. The first kappa shape index (κ1) is 23.7. The van der Waals surface area contributed by atoms with E-state index in [0.717, 1.165) is 33.0 Å². The number of urea groups is 1. The molecule has 0 aliphatic heterocycles. The van der Waals surface area contributed by atoms with Gasteiger partial charge in [0.1, 0.15) is 5.82 Å². The fourth-order valence-electron chi connectivity index (χ4n) is 3.94. The number of carbonyl (C=O) groups excluding carboxylic acids is 1. The number of fused-ring (bicyclic) bond motifs is 1. The Morgan fingerprint density at radius 3 is 2.54 bits per heavy atom. The van der Waals surface area contributed by atoms with Gasteiger partial charge in [0.2, 0.25) is 0 Å². The number of hydrogen-bond donors (Lipinski definition) is 2. The van der Waals surface area contributed by atoms with Gasteiger partial charge in [-0.2, -0.15) is 0 Å². The van der Waals surface area contributed by atoms with Gasteiger partial charge in [-0.15, -0.1) is 0 Å². The normalized spacial score (nSPS) is 10.4. The lowest BCUT2D eigenvalue weighted by Gasteiger charge is -2.11. The number of nitrogens with one attached hydrogen (secondary N) is 2. The second-order valence-electron chi connectivity index (χ2n) is 8.45. The van der Waals surface area contributed by atoms with Crippen LogP contribution >= 0.6 is 0 Å². The van der Waals surface area contributed by atoms with E-state index in [2.05, 4.69) is 38.5 Å². The van der Waals surface area contributed by atoms with Crippen LogP contribution in [-0.2, 0) is 6.42 Å². The van der Waals surface area contributed by atoms with Crippen molar-refractivity contribution in [2.45, 2.75) is 6.42 Å². The first-order valence-electron chi connectivity index (χ1n) is 11.8. The van der Waals surface area contributed by atoms with Crippen molar-refractivity contribution in [3.05, 3.63) is 126 Å². The van der Waals surface area contributed by atoms with Crippen LogP contribution in [0.2, 0.25) is 0 Å². The number of nitrogens with zero attached hydrogens (tertiary/aromatic N) is 2. The zero-order valence-corrected chi connectivity index (χ0v) is 19.9. The van der Waals surface area contributed by atoms with Crippen LogP contribution in [0.5, 0.6) is 0 Å². The topological polar surface area (TPSA) is 66.9 Å². The number of aromatic nitrogens is 2. The first-order valence-corrected chi connectivity index (χ1v) is 11.8. The van der Waals surface area contributed by atoms with Crippen LogP contribution in [-0.4, -0.2) is 22.5 Å². The molecule has 0 radical (unpaired) electrons. The summed E-state index contributed by atoms with van der Waals surface area (Å²) in [7, 11) is 0. The predicted molar refractivity (Wildman–Crippen MR) is 145 cm³/mol. The Kier molecular flexibility index (Phi) is 7.14. The summed E-state index contributed by atoms with van der Waals surface area (Å²) in [5.41, 5.74) is 5.03. The maximum Gasteiger partial charge on any atom is 0.319 e. The largest absolute Gasteiger partial charge is 0.338 e. The summed E-state index contributed by atoms with van der Waals surface area (Å²) in [4.78, 5) is 20.8. The Morgan fingerprint density at radius 1 is 0.838 bits per heavy atom. The van der Waals surface area contributed by atoms with E-state index < -0.39 is 0 Å². The molecule has 0 unspecified atom stereocenters. The van der Waals surface area contributed by atoms with Gasteiger partial charge in [0.05, 0.1) is 0 Å². The molecule has 2 aromatic heterocycles. The van der Waals surface area contributed by atoms with E-state index in [0.29, 0.717) is 24.2 Å². The molecule has 37 heavy (non-hydrogen) atoms. The predicted octanol–water partition coefficient (Wildman–Crippen LogP) is 6.20. The van der Waals surface area contributed by atoms with Crippen LogP contribution in [0.1, 0.15) is 16.7 Å². The molecule has 0 fully saturated rings. The molecule has 2 N–H and O–H groups in total. The minimum absolute atomic E-state index is 0.299. The summed E-state index contributed by atoms with van der Waals surface area (Å²) < 4.78 is 13.3. The smallest absolute Gasteiger partial charge is 0.319 e. The molecule has 0 aliphatic rings. The number of hydrogen-bond acceptors (Lipinski definition) is 3. The van der Waals surface area contributed by atoms with E-state index in [4.69, 9.17) is 0 Å². The number of benzene rings is 3. The minimum Gasteiger partial charge on any atom is -0.338 e. The highest BCUT2D eigenvalue weighted by molar-refractivity contribution is 5.91. The maximum atomic E-state index is 13.3. The molecule has 0 spiro atoms. The molecule has 6 heteroatoms. The second-order valence-corrected chi connectivity index (χ2v) is 8.45. The summed E-state index contributed by atoms with van der Waals surface area (Å²) in [5, 5.41) is 7.88. The van der Waals surface area contributed by atoms with Gasteiger partial charge in [-0.25, -0.2) is 9.18 Å². The summed E-state index contributed by atoms with van der Waals surface area (Å²) in [6.07, 6.45) is 7.79. The Balaban J connectivity index is 1.40. The molecule has 5 rings (SSSR count). The zero-order chi connectivity index (χ0) is 25.5. The fraction of sp³-hybridized carbons (Fsp3) is 0.0645. The average molecular weight is 487 g/mol. The first-order chi connectivity index (χ1) is 18.1. The molecular weight excluding hydrogens is 463 g/mol. The summed E-state index contributed by atoms with van der Waals surface area (Å²) >= 11 is 0. The maximum absolute atomic E-state index is 13.3. The molecular formula is C31H23FN4O. The number of pyridine rings is 2. The van der Waals surface area contributed by atoms with Gasteiger partial charge in [0.25, 0.3) is 0 Å². The number of halogens is 1. The number of rotatable bonds is 5. The molecule has 0 saturated heterocycles. The van der Waals surface area contributed by atoms with E-state index in [1.54, 1.807) is 30.7 Å². The van der Waals surface area contributed by atoms with Crippen molar-refractivity contribution in [3.8, 4) is 23.0 Å². The molecule has 3 aromatic carbocycles. The monoisotopic (exact) mass is 486 g/mol. The Labute approximate surface area is 214 Å². The van der Waals surface area contributed by atoms with Gasteiger partial charge < -0.3 is 10.6 Å². The molecule has 0 aliphatic carbocycles. The highest BCUT2D eigenvalue weighted by Gasteiger charge is 2.09. The van der Waals surface area contributed by atoms with Gasteiger partial charge in [0.15, 0.2) is 0 Å². The molecule has 2 amide bonds. The van der Waals surface area contributed by atoms with Crippen LogP contribution in [0.4, 0.5) is 14.9 Å². The van der Waals surface area contributed by atoms with E-state index in [9.17, 15) is 9.18 Å². The SMILES string of the molecule is O=C(NCCc1cccnc1)Nc1ccc(-c2ccc3cnccc3c2)c(C#Cc2ccc(F)cc2)c1. The van der Waals surface area contributed by atoms with Gasteiger partial charge in [0, 0.05) is 53.5 Å². The van der Waals surface area contributed by atoms with Crippen LogP contribution in [0.25, 0.3) is 21.9 Å². The zero-order valence-electron chi connectivity index (χ0n) is 19.9. The van der Waals surface area contributed by atoms with Crippen molar-refractivity contribution < 1.29 is 9.18 Å². The average Bonchev–Trinajstić information content (AvgIpc) is 2.93. The van der Waals surface area contributed by atoms with E-state index in [1.807, 2.05) is 54.7 Å². The van der Waals surface area contributed by atoms with Crippen LogP contribution < -0.4 is 10.6 Å². The van der Waals surface area contributed by atoms with Gasteiger partial charge in [-0.3, -0.25) is 9.97 Å². The Bertz CT molecular complexity index is 1610. The van der Waals surface area contributed by atoms with Gasteiger partial charge >= 0.3 is 6.03 Å². The van der Waals surface area contributed by atoms with Crippen LogP contribution in [0.3, 0.4) is 0 Å². The lowest BCUT2D eigenvalue weighted by atomic mass is 9.97. The van der Waals surface area contributed by atoms with Crippen molar-refractivity contribution in [1.82, 2.24) is 15.3 Å². The minimum atomic E-state index is -0.308. The molecule has 0 saturated carbocycles. The molecule has 5 nitrogen and oxygen atoms in total. The van der Waals surface area contributed by atoms with E-state index >= 15 is 0 Å². The third kappa shape index (κ3) is 6.16. The van der Waals surface area contributed by atoms with Crippen LogP contribution in [0, 0.1) is 17.7 Å². The van der Waals surface area contributed by atoms with Crippen molar-refractivity contribution in [2.75, 3.05) is 11.9 Å². The van der Waals surface area contributed by atoms with E-state index in [1.165, 1.54) is 12.1 Å². The molecule has 0 bridgehead atoms. The van der Waals surface area contributed by atoms with Crippen molar-refractivity contribution >= 4 is 22.5 Å². The van der Waals surface area contributed by atoms with Crippen molar-refractivity contribution in [1.29, 1.82) is 0 Å². The third-order valence-corrected chi connectivity index (χ3v) is 5.84. The summed E-state index contributed by atoms with van der Waals surface area (Å²) in [6.45, 7) is 0.485.